The van der Waals surface area contributed by atoms with Gasteiger partial charge in [-0.05, 0) is 6.42 Å². The molecule has 0 aliphatic carbocycles. The van der Waals surface area contributed by atoms with Crippen molar-refractivity contribution in [3.05, 3.63) is 0 Å². The Kier molecular flexibility index (Phi) is 6.11. The Morgan fingerprint density at radius 3 is 2.20 bits per heavy atom. The quantitative estimate of drug-likeness (QED) is 0.501. The van der Waals surface area contributed by atoms with E-state index in [1.54, 1.807) is 0 Å². The van der Waals surface area contributed by atoms with Crippen LogP contribution in [0.2, 0.25) is 0 Å². The summed E-state index contributed by atoms with van der Waals surface area (Å²) in [6, 6.07) is 0. The predicted molar refractivity (Wildman–Crippen MR) is 65.3 cm³/mol. The van der Waals surface area contributed by atoms with Crippen LogP contribution in [-0.2, 0) is 9.63 Å². The minimum absolute atomic E-state index is 0.0898. The SMILES string of the molecule is C#CCS(=O)(O)(O)CCCCCCCC. The standard InChI is InChI=1S/C11H22O3S/c1-3-5-6-7-8-9-11-15(12,13,14)10-4-2/h2H,3,5-11H2,1H3,(H2,12,13,14). The molecule has 0 radical (unpaired) electrons. The van der Waals surface area contributed by atoms with Gasteiger partial charge in [0.25, 0.3) is 0 Å². The molecule has 4 heteroatoms. The third-order valence-electron chi connectivity index (χ3n) is 2.28. The third kappa shape index (κ3) is 8.61. The fourth-order valence-corrected chi connectivity index (χ4v) is 2.68. The van der Waals surface area contributed by atoms with Crippen molar-refractivity contribution in [3.63, 3.8) is 0 Å². The summed E-state index contributed by atoms with van der Waals surface area (Å²) in [4.78, 5) is 0. The first-order valence-corrected chi connectivity index (χ1v) is 7.68. The molecule has 0 aromatic heterocycles. The van der Waals surface area contributed by atoms with Gasteiger partial charge in [0, 0.05) is 5.75 Å². The van der Waals surface area contributed by atoms with Crippen molar-refractivity contribution < 1.29 is 13.3 Å². The molecule has 0 fully saturated rings. The van der Waals surface area contributed by atoms with Crippen LogP contribution >= 0.6 is 0 Å². The van der Waals surface area contributed by atoms with Crippen molar-refractivity contribution in [1.29, 1.82) is 0 Å². The fourth-order valence-electron chi connectivity index (χ4n) is 1.41. The van der Waals surface area contributed by atoms with Gasteiger partial charge in [-0.1, -0.05) is 44.9 Å². The second-order valence-corrected chi connectivity index (χ2v) is 7.08. The van der Waals surface area contributed by atoms with Gasteiger partial charge in [-0.3, -0.25) is 0 Å². The van der Waals surface area contributed by atoms with Gasteiger partial charge in [0.15, 0.2) is 0 Å². The third-order valence-corrected chi connectivity index (χ3v) is 4.14. The summed E-state index contributed by atoms with van der Waals surface area (Å²) in [5, 5.41) is 0. The van der Waals surface area contributed by atoms with E-state index in [0.717, 1.165) is 19.3 Å². The Balaban J connectivity index is 3.67. The van der Waals surface area contributed by atoms with E-state index in [1.165, 1.54) is 12.8 Å². The molecule has 0 saturated heterocycles. The zero-order valence-corrected chi connectivity index (χ0v) is 10.3. The van der Waals surface area contributed by atoms with E-state index < -0.39 is 15.4 Å². The number of hydrogen-bond acceptors (Lipinski definition) is 1. The molecule has 90 valence electrons. The van der Waals surface area contributed by atoms with Crippen molar-refractivity contribution in [1.82, 2.24) is 0 Å². The van der Waals surface area contributed by atoms with Crippen molar-refractivity contribution in [2.45, 2.75) is 45.4 Å². The van der Waals surface area contributed by atoms with Gasteiger partial charge < -0.3 is 9.11 Å². The molecule has 0 rings (SSSR count). The highest BCUT2D eigenvalue weighted by atomic mass is 32.3. The van der Waals surface area contributed by atoms with Crippen LogP contribution in [-0.4, -0.2) is 24.8 Å². The lowest BCUT2D eigenvalue weighted by atomic mass is 10.1. The minimum atomic E-state index is -4.48. The molecule has 2 N–H and O–H groups in total. The number of terminal acetylenes is 1. The molecule has 0 amide bonds. The first-order valence-electron chi connectivity index (χ1n) is 5.46. The van der Waals surface area contributed by atoms with Crippen LogP contribution in [0.4, 0.5) is 0 Å². The van der Waals surface area contributed by atoms with Crippen LogP contribution in [0.1, 0.15) is 45.4 Å². The maximum Gasteiger partial charge on any atom is 0.107 e. The highest BCUT2D eigenvalue weighted by Crippen LogP contribution is 2.18. The first kappa shape index (κ1) is 14.6. The zero-order chi connectivity index (χ0) is 11.8. The maximum absolute atomic E-state index is 11.4. The largest absolute Gasteiger partial charge is 0.307 e. The lowest BCUT2D eigenvalue weighted by Gasteiger charge is -2.28. The normalized spacial score (nSPS) is 14.1. The van der Waals surface area contributed by atoms with Gasteiger partial charge in [-0.2, -0.15) is 0 Å². The smallest absolute Gasteiger partial charge is 0.107 e. The summed E-state index contributed by atoms with van der Waals surface area (Å²) >= 11 is 0. The monoisotopic (exact) mass is 234 g/mol. The van der Waals surface area contributed by atoms with Crippen LogP contribution in [0.5, 0.6) is 0 Å². The van der Waals surface area contributed by atoms with Crippen molar-refractivity contribution >= 4 is 9.63 Å². The Morgan fingerprint density at radius 1 is 1.13 bits per heavy atom. The fraction of sp³-hybridized carbons (Fsp3) is 0.818. The number of hydrogen-bond donors (Lipinski definition) is 2. The minimum Gasteiger partial charge on any atom is -0.307 e. The van der Waals surface area contributed by atoms with E-state index in [1.807, 2.05) is 5.92 Å². The molecule has 0 bridgehead atoms. The summed E-state index contributed by atoms with van der Waals surface area (Å²) in [6.45, 7) is 2.14. The van der Waals surface area contributed by atoms with Crippen LogP contribution in [0.3, 0.4) is 0 Å². The summed E-state index contributed by atoms with van der Waals surface area (Å²) in [5.41, 5.74) is 0. The molecule has 0 spiro atoms. The lowest BCUT2D eigenvalue weighted by Crippen LogP contribution is -2.38. The molecule has 15 heavy (non-hydrogen) atoms. The Bertz CT molecular complexity index is 272. The summed E-state index contributed by atoms with van der Waals surface area (Å²) < 4.78 is 30.1. The highest BCUT2D eigenvalue weighted by molar-refractivity contribution is 8.10. The first-order chi connectivity index (χ1) is 6.89. The molecular weight excluding hydrogens is 212 g/mol. The molecule has 0 aromatic carbocycles. The van der Waals surface area contributed by atoms with Crippen molar-refractivity contribution in [2.75, 3.05) is 11.5 Å². The molecule has 0 heterocycles. The molecule has 0 aliphatic heterocycles. The summed E-state index contributed by atoms with van der Waals surface area (Å²) in [6.07, 6.45) is 10.9. The van der Waals surface area contributed by atoms with Crippen LogP contribution in [0.25, 0.3) is 0 Å². The predicted octanol–water partition coefficient (Wildman–Crippen LogP) is 2.75. The van der Waals surface area contributed by atoms with E-state index in [0.29, 0.717) is 6.42 Å². The van der Waals surface area contributed by atoms with Crippen molar-refractivity contribution in [2.24, 2.45) is 0 Å². The van der Waals surface area contributed by atoms with Gasteiger partial charge >= 0.3 is 0 Å². The average Bonchev–Trinajstić information content (AvgIpc) is 2.10. The van der Waals surface area contributed by atoms with E-state index >= 15 is 0 Å². The number of unbranched alkanes of at least 4 members (excludes halogenated alkanes) is 5. The van der Waals surface area contributed by atoms with Crippen LogP contribution in [0.15, 0.2) is 0 Å². The van der Waals surface area contributed by atoms with Gasteiger partial charge in [0.05, 0.1) is 9.63 Å². The van der Waals surface area contributed by atoms with E-state index in [2.05, 4.69) is 6.92 Å². The zero-order valence-electron chi connectivity index (χ0n) is 9.45. The molecule has 0 saturated carbocycles. The Labute approximate surface area is 92.7 Å². The Hall–Kier alpha value is -0.370. The Morgan fingerprint density at radius 2 is 1.67 bits per heavy atom. The summed E-state index contributed by atoms with van der Waals surface area (Å²) in [7, 11) is -4.48. The van der Waals surface area contributed by atoms with Gasteiger partial charge in [0.2, 0.25) is 0 Å². The van der Waals surface area contributed by atoms with Gasteiger partial charge in [-0.15, -0.1) is 6.42 Å². The lowest BCUT2D eigenvalue weighted by molar-refractivity contribution is 0.391. The van der Waals surface area contributed by atoms with Crippen LogP contribution < -0.4 is 0 Å². The second-order valence-electron chi connectivity index (χ2n) is 4.01. The average molecular weight is 234 g/mol. The maximum atomic E-state index is 11.4. The summed E-state index contributed by atoms with van der Waals surface area (Å²) in [5.74, 6) is 1.50. The molecular formula is C11H22O3S. The number of rotatable bonds is 8. The second kappa shape index (κ2) is 6.26. The molecule has 0 atom stereocenters. The van der Waals surface area contributed by atoms with E-state index in [-0.39, 0.29) is 5.75 Å². The van der Waals surface area contributed by atoms with E-state index in [4.69, 9.17) is 6.42 Å². The van der Waals surface area contributed by atoms with Gasteiger partial charge in [-0.25, -0.2) is 4.21 Å². The topological polar surface area (TPSA) is 57.5 Å². The molecule has 3 nitrogen and oxygen atoms in total. The molecule has 0 aliphatic rings. The molecule has 0 unspecified atom stereocenters. The van der Waals surface area contributed by atoms with Crippen LogP contribution in [0, 0.1) is 12.3 Å². The van der Waals surface area contributed by atoms with E-state index in [9.17, 15) is 13.3 Å². The highest BCUT2D eigenvalue weighted by Gasteiger charge is 2.27. The van der Waals surface area contributed by atoms with Crippen molar-refractivity contribution in [3.8, 4) is 12.3 Å². The van der Waals surface area contributed by atoms with Gasteiger partial charge in [0.1, 0.15) is 5.75 Å². The molecule has 0 aromatic rings.